The van der Waals surface area contributed by atoms with Crippen molar-refractivity contribution < 1.29 is 14.2 Å². The quantitative estimate of drug-likeness (QED) is 0.366. The van der Waals surface area contributed by atoms with Crippen molar-refractivity contribution in [3.63, 3.8) is 0 Å². The lowest BCUT2D eigenvalue weighted by atomic mass is 10.1. The van der Waals surface area contributed by atoms with E-state index in [-0.39, 0.29) is 0 Å². The highest BCUT2D eigenvalue weighted by atomic mass is 16.5. The van der Waals surface area contributed by atoms with Crippen LogP contribution in [-0.2, 0) is 9.47 Å². The Labute approximate surface area is 188 Å². The Morgan fingerprint density at radius 1 is 0.710 bits per heavy atom. The maximum atomic E-state index is 5.68. The Hall–Kier alpha value is -2.56. The van der Waals surface area contributed by atoms with Gasteiger partial charge in [0.15, 0.2) is 0 Å². The fourth-order valence-electron chi connectivity index (χ4n) is 2.66. The van der Waals surface area contributed by atoms with E-state index in [0.717, 1.165) is 18.8 Å². The molecule has 0 saturated heterocycles. The standard InChI is InChI=1S/C17H22O3.C8H11N.C2H6/c1-2-9-18-10-11-19-12-13-20-17-8-7-15-5-3-4-6-16(15)14-17;1-7-3-5-8(9-2)6-4-7;1-2/h3-8,14H,2,9-13H2,1H3;3-6,9H,1-2H3;1-2H3. The monoisotopic (exact) mass is 425 g/mol. The third-order valence-electron chi connectivity index (χ3n) is 4.28. The SMILES string of the molecule is CC.CCCOCCOCCOc1ccc2ccccc2c1.CNc1ccc(C)cc1. The van der Waals surface area contributed by atoms with Gasteiger partial charge in [-0.25, -0.2) is 0 Å². The van der Waals surface area contributed by atoms with Crippen LogP contribution in [0.4, 0.5) is 5.69 Å². The zero-order chi connectivity index (χ0) is 22.7. The van der Waals surface area contributed by atoms with Gasteiger partial charge in [0, 0.05) is 19.3 Å². The Morgan fingerprint density at radius 3 is 1.97 bits per heavy atom. The largest absolute Gasteiger partial charge is 0.491 e. The molecule has 4 heteroatoms. The van der Waals surface area contributed by atoms with E-state index >= 15 is 0 Å². The van der Waals surface area contributed by atoms with Gasteiger partial charge in [-0.2, -0.15) is 0 Å². The van der Waals surface area contributed by atoms with E-state index < -0.39 is 0 Å². The molecule has 3 aromatic carbocycles. The second-order valence-electron chi connectivity index (χ2n) is 6.70. The first kappa shape index (κ1) is 26.5. The lowest BCUT2D eigenvalue weighted by Crippen LogP contribution is -2.11. The maximum Gasteiger partial charge on any atom is 0.120 e. The number of nitrogens with one attached hydrogen (secondary N) is 1. The van der Waals surface area contributed by atoms with Crippen molar-refractivity contribution in [2.75, 3.05) is 45.4 Å². The average Bonchev–Trinajstić information content (AvgIpc) is 2.83. The molecule has 0 aromatic heterocycles. The number of hydrogen-bond acceptors (Lipinski definition) is 4. The van der Waals surface area contributed by atoms with Crippen molar-refractivity contribution in [1.82, 2.24) is 0 Å². The number of rotatable bonds is 10. The van der Waals surface area contributed by atoms with Gasteiger partial charge in [-0.1, -0.05) is 68.8 Å². The van der Waals surface area contributed by atoms with Gasteiger partial charge in [0.05, 0.1) is 19.8 Å². The highest BCUT2D eigenvalue weighted by molar-refractivity contribution is 5.83. The first-order chi connectivity index (χ1) is 15.2. The van der Waals surface area contributed by atoms with E-state index in [1.165, 1.54) is 22.0 Å². The molecule has 170 valence electrons. The van der Waals surface area contributed by atoms with Gasteiger partial charge in [0.25, 0.3) is 0 Å². The number of hydrogen-bond donors (Lipinski definition) is 1. The van der Waals surface area contributed by atoms with E-state index in [0.29, 0.717) is 26.4 Å². The fraction of sp³-hybridized carbons (Fsp3) is 0.407. The van der Waals surface area contributed by atoms with Crippen molar-refractivity contribution >= 4 is 16.5 Å². The Balaban J connectivity index is 0.000000365. The molecular weight excluding hydrogens is 386 g/mol. The Bertz CT molecular complexity index is 818. The number of ether oxygens (including phenoxy) is 3. The average molecular weight is 426 g/mol. The van der Waals surface area contributed by atoms with E-state index in [4.69, 9.17) is 14.2 Å². The summed E-state index contributed by atoms with van der Waals surface area (Å²) in [6.07, 6.45) is 1.05. The van der Waals surface area contributed by atoms with Crippen LogP contribution in [0, 0.1) is 6.92 Å². The summed E-state index contributed by atoms with van der Waals surface area (Å²) in [7, 11) is 1.92. The van der Waals surface area contributed by atoms with Crippen LogP contribution in [0.5, 0.6) is 5.75 Å². The highest BCUT2D eigenvalue weighted by Gasteiger charge is 1.97. The van der Waals surface area contributed by atoms with Crippen molar-refractivity contribution in [1.29, 1.82) is 0 Å². The molecule has 1 N–H and O–H groups in total. The summed E-state index contributed by atoms with van der Waals surface area (Å²) in [6.45, 7) is 11.4. The molecule has 3 rings (SSSR count). The number of anilines is 1. The second kappa shape index (κ2) is 17.2. The summed E-state index contributed by atoms with van der Waals surface area (Å²) in [5.74, 6) is 0.884. The molecule has 0 amide bonds. The van der Waals surface area contributed by atoms with Gasteiger partial charge in [-0.3, -0.25) is 0 Å². The summed E-state index contributed by atoms with van der Waals surface area (Å²) < 4.78 is 16.4. The minimum Gasteiger partial charge on any atom is -0.491 e. The first-order valence-electron chi connectivity index (χ1n) is 11.2. The van der Waals surface area contributed by atoms with Crippen LogP contribution in [0.3, 0.4) is 0 Å². The van der Waals surface area contributed by atoms with E-state index in [1.54, 1.807) is 0 Å². The van der Waals surface area contributed by atoms with Gasteiger partial charge in [0.1, 0.15) is 12.4 Å². The normalized spacial score (nSPS) is 9.84. The van der Waals surface area contributed by atoms with Gasteiger partial charge in [-0.15, -0.1) is 0 Å². The molecule has 0 bridgehead atoms. The van der Waals surface area contributed by atoms with E-state index in [1.807, 2.05) is 39.1 Å². The summed E-state index contributed by atoms with van der Waals surface area (Å²) in [6, 6.07) is 22.7. The topological polar surface area (TPSA) is 39.7 Å². The fourth-order valence-corrected chi connectivity index (χ4v) is 2.66. The molecule has 0 aliphatic carbocycles. The van der Waals surface area contributed by atoms with Crippen molar-refractivity contribution in [3.8, 4) is 5.75 Å². The molecule has 0 unspecified atom stereocenters. The Kier molecular flexibility index (Phi) is 14.7. The summed E-state index contributed by atoms with van der Waals surface area (Å²) in [5.41, 5.74) is 2.47. The van der Waals surface area contributed by atoms with E-state index in [9.17, 15) is 0 Å². The minimum absolute atomic E-state index is 0.562. The van der Waals surface area contributed by atoms with Crippen molar-refractivity contribution in [2.45, 2.75) is 34.1 Å². The first-order valence-corrected chi connectivity index (χ1v) is 11.2. The summed E-state index contributed by atoms with van der Waals surface area (Å²) >= 11 is 0. The molecule has 0 saturated carbocycles. The summed E-state index contributed by atoms with van der Waals surface area (Å²) in [5, 5.41) is 5.47. The number of aryl methyl sites for hydroxylation is 1. The van der Waals surface area contributed by atoms with Gasteiger partial charge in [0.2, 0.25) is 0 Å². The molecule has 0 aliphatic rings. The summed E-state index contributed by atoms with van der Waals surface area (Å²) in [4.78, 5) is 0. The maximum absolute atomic E-state index is 5.68. The van der Waals surface area contributed by atoms with E-state index in [2.05, 4.69) is 67.7 Å². The molecule has 0 spiro atoms. The predicted molar refractivity (Wildman–Crippen MR) is 133 cm³/mol. The van der Waals surface area contributed by atoms with Crippen LogP contribution in [0.1, 0.15) is 32.8 Å². The third-order valence-corrected chi connectivity index (χ3v) is 4.28. The van der Waals surface area contributed by atoms with Crippen LogP contribution in [0.25, 0.3) is 10.8 Å². The molecule has 0 heterocycles. The van der Waals surface area contributed by atoms with Crippen molar-refractivity contribution in [2.24, 2.45) is 0 Å². The molecule has 4 nitrogen and oxygen atoms in total. The van der Waals surface area contributed by atoms with Gasteiger partial charge in [-0.05, 0) is 48.4 Å². The lowest BCUT2D eigenvalue weighted by molar-refractivity contribution is 0.0366. The molecule has 0 fully saturated rings. The highest BCUT2D eigenvalue weighted by Crippen LogP contribution is 2.20. The predicted octanol–water partition coefficient (Wildman–Crippen LogP) is 6.72. The van der Waals surface area contributed by atoms with Gasteiger partial charge < -0.3 is 19.5 Å². The van der Waals surface area contributed by atoms with Crippen LogP contribution < -0.4 is 10.1 Å². The van der Waals surface area contributed by atoms with Crippen LogP contribution in [0.2, 0.25) is 0 Å². The zero-order valence-corrected chi connectivity index (χ0v) is 19.8. The molecule has 3 aromatic rings. The minimum atomic E-state index is 0.562. The molecule has 0 aliphatic heterocycles. The molecular formula is C27H39NO3. The smallest absolute Gasteiger partial charge is 0.120 e. The lowest BCUT2D eigenvalue weighted by Gasteiger charge is -2.08. The van der Waals surface area contributed by atoms with Crippen LogP contribution in [-0.4, -0.2) is 40.1 Å². The number of fused-ring (bicyclic) bond motifs is 1. The van der Waals surface area contributed by atoms with Crippen molar-refractivity contribution in [3.05, 3.63) is 72.3 Å². The third kappa shape index (κ3) is 11.4. The second-order valence-corrected chi connectivity index (χ2v) is 6.70. The van der Waals surface area contributed by atoms with Crippen LogP contribution >= 0.6 is 0 Å². The number of benzene rings is 3. The zero-order valence-electron chi connectivity index (χ0n) is 19.8. The molecule has 0 atom stereocenters. The Morgan fingerprint density at radius 2 is 1.32 bits per heavy atom. The molecule has 0 radical (unpaired) electrons. The van der Waals surface area contributed by atoms with Gasteiger partial charge >= 0.3 is 0 Å². The van der Waals surface area contributed by atoms with Crippen LogP contribution in [0.15, 0.2) is 66.7 Å². The molecule has 31 heavy (non-hydrogen) atoms.